The Morgan fingerprint density at radius 2 is 0.791 bits per heavy atom. The zero-order chi connectivity index (χ0) is 30.4. The molecule has 4 aromatic carbocycles. The van der Waals surface area contributed by atoms with E-state index in [1.54, 1.807) is 84.9 Å². The van der Waals surface area contributed by atoms with Crippen molar-refractivity contribution in [3.05, 3.63) is 144 Å². The minimum absolute atomic E-state index is 0.185. The number of Topliss-reactive ketones (excluding diaryl/α,β-unsaturated/α-hetero) is 1. The van der Waals surface area contributed by atoms with Crippen molar-refractivity contribution >= 4 is 29.7 Å². The fraction of sp³-hybridized carbons (Fsp3) is 0.147. The molecule has 0 aliphatic rings. The second-order valence-corrected chi connectivity index (χ2v) is 9.27. The maximum Gasteiger partial charge on any atom is 0.338 e. The smallest absolute Gasteiger partial charge is 0.338 e. The highest BCUT2D eigenvalue weighted by Crippen LogP contribution is 2.17. The number of carbonyl (C=O) groups is 5. The fourth-order valence-electron chi connectivity index (χ4n) is 3.93. The van der Waals surface area contributed by atoms with Gasteiger partial charge in [0, 0.05) is 0 Å². The molecule has 0 N–H and O–H groups in total. The van der Waals surface area contributed by atoms with E-state index in [4.69, 9.17) is 18.9 Å². The molecule has 0 aliphatic carbocycles. The van der Waals surface area contributed by atoms with Crippen molar-refractivity contribution in [3.63, 3.8) is 0 Å². The van der Waals surface area contributed by atoms with E-state index in [2.05, 4.69) is 0 Å². The van der Waals surface area contributed by atoms with E-state index < -0.39 is 61.5 Å². The Labute approximate surface area is 248 Å². The summed E-state index contributed by atoms with van der Waals surface area (Å²) in [5, 5.41) is 0. The van der Waals surface area contributed by atoms with Crippen LogP contribution in [-0.2, 0) is 23.7 Å². The van der Waals surface area contributed by atoms with Gasteiger partial charge >= 0.3 is 23.9 Å². The molecule has 9 heteroatoms. The lowest BCUT2D eigenvalue weighted by molar-refractivity contribution is -0.127. The van der Waals surface area contributed by atoms with Crippen LogP contribution in [0.25, 0.3) is 0 Å². The quantitative estimate of drug-likeness (QED) is 0.157. The van der Waals surface area contributed by atoms with Crippen LogP contribution in [0.2, 0.25) is 0 Å². The van der Waals surface area contributed by atoms with Crippen LogP contribution in [0, 0.1) is 0 Å². The monoisotopic (exact) mass is 580 g/mol. The highest BCUT2D eigenvalue weighted by molar-refractivity contribution is 5.93. The van der Waals surface area contributed by atoms with Gasteiger partial charge in [0.1, 0.15) is 19.3 Å². The minimum atomic E-state index is -1.40. The summed E-state index contributed by atoms with van der Waals surface area (Å²) in [6, 6.07) is 32.3. The van der Waals surface area contributed by atoms with Gasteiger partial charge in [-0.2, -0.15) is 0 Å². The van der Waals surface area contributed by atoms with Crippen molar-refractivity contribution in [2.45, 2.75) is 18.6 Å². The summed E-state index contributed by atoms with van der Waals surface area (Å²) in [6.07, 6.45) is -3.29. The molecule has 4 aromatic rings. The first kappa shape index (κ1) is 30.4. The summed E-state index contributed by atoms with van der Waals surface area (Å²) < 4.78 is 21.9. The minimum Gasteiger partial charge on any atom is -0.458 e. The molecule has 218 valence electrons. The number of carbonyl (C=O) groups excluding carboxylic acids is 5. The van der Waals surface area contributed by atoms with Gasteiger partial charge in [-0.15, -0.1) is 0 Å². The maximum atomic E-state index is 13.0. The van der Waals surface area contributed by atoms with E-state index in [9.17, 15) is 24.0 Å². The van der Waals surface area contributed by atoms with Gasteiger partial charge in [-0.05, 0) is 48.5 Å². The van der Waals surface area contributed by atoms with Crippen LogP contribution in [-0.4, -0.2) is 55.1 Å². The molecule has 0 unspecified atom stereocenters. The predicted octanol–water partition coefficient (Wildman–Crippen LogP) is 5.11. The van der Waals surface area contributed by atoms with Gasteiger partial charge < -0.3 is 18.9 Å². The van der Waals surface area contributed by atoms with Crippen LogP contribution in [0.15, 0.2) is 121 Å². The molecule has 4 rings (SSSR count). The number of rotatable bonds is 13. The van der Waals surface area contributed by atoms with E-state index in [0.717, 1.165) is 0 Å². The van der Waals surface area contributed by atoms with Crippen LogP contribution in [0.3, 0.4) is 0 Å². The average Bonchev–Trinajstić information content (AvgIpc) is 3.06. The largest absolute Gasteiger partial charge is 0.458 e. The Bertz CT molecular complexity index is 1520. The molecule has 0 spiro atoms. The van der Waals surface area contributed by atoms with Crippen LogP contribution >= 0.6 is 0 Å². The zero-order valence-electron chi connectivity index (χ0n) is 23.0. The third kappa shape index (κ3) is 9.22. The van der Waals surface area contributed by atoms with Gasteiger partial charge in [0.05, 0.1) is 28.7 Å². The summed E-state index contributed by atoms with van der Waals surface area (Å²) >= 11 is 0. The van der Waals surface area contributed by atoms with Gasteiger partial charge in [-0.3, -0.25) is 4.79 Å². The first-order valence-corrected chi connectivity index (χ1v) is 13.4. The molecule has 0 heterocycles. The number of ketones is 1. The lowest BCUT2D eigenvalue weighted by Crippen LogP contribution is -2.41. The summed E-state index contributed by atoms with van der Waals surface area (Å²) in [7, 11) is 0. The van der Waals surface area contributed by atoms with Crippen molar-refractivity contribution in [1.82, 2.24) is 0 Å². The normalized spacial score (nSPS) is 11.8. The highest BCUT2D eigenvalue weighted by atomic mass is 16.6. The number of hydrogen-bond acceptors (Lipinski definition) is 9. The third-order valence-electron chi connectivity index (χ3n) is 6.14. The maximum absolute atomic E-state index is 13.0. The molecule has 0 aromatic heterocycles. The average molecular weight is 581 g/mol. The molecule has 0 bridgehead atoms. The molecule has 0 amide bonds. The molecular formula is C34H28O9. The van der Waals surface area contributed by atoms with E-state index in [1.807, 2.05) is 0 Å². The Hall–Kier alpha value is -5.57. The summed E-state index contributed by atoms with van der Waals surface area (Å²) in [6.45, 7) is -1.16. The van der Waals surface area contributed by atoms with Crippen LogP contribution in [0.4, 0.5) is 0 Å². The van der Waals surface area contributed by atoms with Gasteiger partial charge in [-0.25, -0.2) is 19.2 Å². The first-order valence-electron chi connectivity index (χ1n) is 13.4. The zero-order valence-corrected chi connectivity index (χ0v) is 23.0. The molecular weight excluding hydrogens is 552 g/mol. The number of ether oxygens (including phenoxy) is 4. The van der Waals surface area contributed by atoms with Crippen LogP contribution < -0.4 is 0 Å². The Balaban J connectivity index is 1.55. The van der Waals surface area contributed by atoms with Crippen LogP contribution in [0.5, 0.6) is 0 Å². The lowest BCUT2D eigenvalue weighted by atomic mass is 10.1. The Kier molecular flexibility index (Phi) is 10.9. The standard InChI is InChI=1S/C34H28O9/c35-28(22-40-31(36)24-13-5-1-6-14-24)21-29(42-33(38)26-17-9-3-10-18-26)30(43-34(39)27-19-11-4-12-20-27)23-41-32(37)25-15-7-2-8-16-25/h1-20,29-30H,21-23H2/t29-,30+/m1/s1. The van der Waals surface area contributed by atoms with E-state index in [0.29, 0.717) is 0 Å². The fourth-order valence-corrected chi connectivity index (χ4v) is 3.93. The third-order valence-corrected chi connectivity index (χ3v) is 6.14. The van der Waals surface area contributed by atoms with Gasteiger partial charge in [0.2, 0.25) is 0 Å². The van der Waals surface area contributed by atoms with Crippen molar-refractivity contribution in [2.24, 2.45) is 0 Å². The van der Waals surface area contributed by atoms with Crippen molar-refractivity contribution in [2.75, 3.05) is 13.2 Å². The second kappa shape index (κ2) is 15.4. The second-order valence-electron chi connectivity index (χ2n) is 9.27. The molecule has 0 fully saturated rings. The van der Waals surface area contributed by atoms with E-state index >= 15 is 0 Å². The van der Waals surface area contributed by atoms with Crippen molar-refractivity contribution < 1.29 is 42.9 Å². The number of hydrogen-bond donors (Lipinski definition) is 0. The molecule has 43 heavy (non-hydrogen) atoms. The molecule has 0 radical (unpaired) electrons. The molecule has 0 saturated heterocycles. The number of esters is 4. The van der Waals surface area contributed by atoms with Crippen molar-refractivity contribution in [1.29, 1.82) is 0 Å². The summed E-state index contributed by atoms with van der Waals surface area (Å²) in [4.78, 5) is 64.2. The van der Waals surface area contributed by atoms with Crippen molar-refractivity contribution in [3.8, 4) is 0 Å². The summed E-state index contributed by atoms with van der Waals surface area (Å²) in [5.74, 6) is -3.63. The topological polar surface area (TPSA) is 122 Å². The van der Waals surface area contributed by atoms with E-state index in [-0.39, 0.29) is 22.3 Å². The van der Waals surface area contributed by atoms with E-state index in [1.165, 1.54) is 36.4 Å². The van der Waals surface area contributed by atoms with Gasteiger partial charge in [-0.1, -0.05) is 72.8 Å². The number of benzene rings is 4. The predicted molar refractivity (Wildman–Crippen MR) is 154 cm³/mol. The SMILES string of the molecule is O=C(COC(=O)c1ccccc1)C[C@@H](OC(=O)c1ccccc1)[C@H](COC(=O)c1ccccc1)OC(=O)c1ccccc1. The Morgan fingerprint density at radius 1 is 0.442 bits per heavy atom. The molecule has 0 saturated carbocycles. The highest BCUT2D eigenvalue weighted by Gasteiger charge is 2.33. The molecule has 0 aliphatic heterocycles. The van der Waals surface area contributed by atoms with Gasteiger partial charge in [0.15, 0.2) is 11.9 Å². The summed E-state index contributed by atoms with van der Waals surface area (Å²) in [5.41, 5.74) is 0.880. The lowest BCUT2D eigenvalue weighted by Gasteiger charge is -2.26. The molecule has 2 atom stereocenters. The first-order chi connectivity index (χ1) is 20.9. The molecule has 9 nitrogen and oxygen atoms in total. The van der Waals surface area contributed by atoms with Crippen LogP contribution in [0.1, 0.15) is 47.9 Å². The Morgan fingerprint density at radius 3 is 1.21 bits per heavy atom. The van der Waals surface area contributed by atoms with Gasteiger partial charge in [0.25, 0.3) is 0 Å².